The zero-order chi connectivity index (χ0) is 16.7. The van der Waals surface area contributed by atoms with Crippen LogP contribution in [0.2, 0.25) is 0 Å². The predicted octanol–water partition coefficient (Wildman–Crippen LogP) is 2.23. The first kappa shape index (κ1) is 16.7. The lowest BCUT2D eigenvalue weighted by Gasteiger charge is -2.21. The molecule has 0 radical (unpaired) electrons. The van der Waals surface area contributed by atoms with Crippen LogP contribution in [0.4, 0.5) is 0 Å². The lowest BCUT2D eigenvalue weighted by atomic mass is 10.0. The molecule has 0 saturated heterocycles. The fourth-order valence-corrected chi connectivity index (χ4v) is 2.41. The Bertz CT molecular complexity index is 626. The summed E-state index contributed by atoms with van der Waals surface area (Å²) in [5.41, 5.74) is 0.758. The second-order valence-electron chi connectivity index (χ2n) is 5.34. The molecule has 0 aliphatic heterocycles. The topological polar surface area (TPSA) is 84.2 Å². The number of nitrogens with one attached hydrogen (secondary N) is 1. The molecule has 2 N–H and O–H groups in total. The number of amides is 1. The van der Waals surface area contributed by atoms with E-state index >= 15 is 0 Å². The van der Waals surface area contributed by atoms with Gasteiger partial charge in [-0.15, -0.1) is 0 Å². The molecule has 6 heteroatoms. The minimum atomic E-state index is -1.01. The summed E-state index contributed by atoms with van der Waals surface area (Å²) >= 11 is 0. The highest BCUT2D eigenvalue weighted by molar-refractivity contribution is 5.88. The Balaban J connectivity index is 2.22. The summed E-state index contributed by atoms with van der Waals surface area (Å²) in [6.07, 6.45) is 5.32. The molecule has 1 heterocycles. The molecule has 23 heavy (non-hydrogen) atoms. The van der Waals surface area contributed by atoms with Crippen LogP contribution >= 0.6 is 0 Å². The Morgan fingerprint density at radius 2 is 2.00 bits per heavy atom. The van der Waals surface area contributed by atoms with Crippen LogP contribution < -0.4 is 5.32 Å². The first-order valence-electron chi connectivity index (χ1n) is 7.70. The van der Waals surface area contributed by atoms with Gasteiger partial charge in [-0.2, -0.15) is 5.10 Å². The Morgan fingerprint density at radius 1 is 1.26 bits per heavy atom. The molecule has 1 aromatic carbocycles. The lowest BCUT2D eigenvalue weighted by Crippen LogP contribution is -2.44. The zero-order valence-corrected chi connectivity index (χ0v) is 13.1. The molecule has 2 unspecified atom stereocenters. The molecule has 6 nitrogen and oxygen atoms in total. The Kier molecular flexibility index (Phi) is 5.91. The first-order chi connectivity index (χ1) is 11.1. The fraction of sp³-hybridized carbons (Fsp3) is 0.353. The van der Waals surface area contributed by atoms with Gasteiger partial charge in [-0.3, -0.25) is 9.48 Å². The first-order valence-corrected chi connectivity index (χ1v) is 7.70. The van der Waals surface area contributed by atoms with Gasteiger partial charge < -0.3 is 10.4 Å². The monoisotopic (exact) mass is 315 g/mol. The van der Waals surface area contributed by atoms with Gasteiger partial charge in [0.05, 0.1) is 0 Å². The highest BCUT2D eigenvalue weighted by atomic mass is 16.4. The number of benzene rings is 1. The smallest absolute Gasteiger partial charge is 0.326 e. The molecule has 0 bridgehead atoms. The van der Waals surface area contributed by atoms with Crippen LogP contribution in [0, 0.1) is 0 Å². The molecule has 0 saturated carbocycles. The predicted molar refractivity (Wildman–Crippen MR) is 85.9 cm³/mol. The van der Waals surface area contributed by atoms with E-state index in [1.165, 1.54) is 4.68 Å². The maximum Gasteiger partial charge on any atom is 0.326 e. The van der Waals surface area contributed by atoms with E-state index in [1.54, 1.807) is 18.5 Å². The highest BCUT2D eigenvalue weighted by Crippen LogP contribution is 2.18. The van der Waals surface area contributed by atoms with Gasteiger partial charge in [-0.25, -0.2) is 4.79 Å². The number of rotatable bonds is 8. The van der Waals surface area contributed by atoms with Gasteiger partial charge in [-0.1, -0.05) is 50.1 Å². The molecule has 2 atom stereocenters. The Hall–Kier alpha value is -2.63. The van der Waals surface area contributed by atoms with Crippen molar-refractivity contribution in [2.24, 2.45) is 0 Å². The van der Waals surface area contributed by atoms with Crippen LogP contribution in [0.5, 0.6) is 0 Å². The summed E-state index contributed by atoms with van der Waals surface area (Å²) in [6.45, 7) is 1.98. The number of aromatic nitrogens is 2. The number of nitrogens with zero attached hydrogens (tertiary/aromatic N) is 2. The maximum atomic E-state index is 12.7. The molecule has 2 rings (SSSR count). The van der Waals surface area contributed by atoms with Crippen molar-refractivity contribution in [3.63, 3.8) is 0 Å². The van der Waals surface area contributed by atoms with E-state index in [1.807, 2.05) is 37.3 Å². The summed E-state index contributed by atoms with van der Waals surface area (Å²) in [5.74, 6) is -1.39. The van der Waals surface area contributed by atoms with Gasteiger partial charge in [0, 0.05) is 12.4 Å². The van der Waals surface area contributed by atoms with E-state index in [9.17, 15) is 14.7 Å². The zero-order valence-electron chi connectivity index (χ0n) is 13.1. The van der Waals surface area contributed by atoms with Crippen LogP contribution in [0.3, 0.4) is 0 Å². The lowest BCUT2D eigenvalue weighted by molar-refractivity contribution is -0.142. The van der Waals surface area contributed by atoms with Crippen LogP contribution in [-0.4, -0.2) is 32.8 Å². The van der Waals surface area contributed by atoms with E-state index in [4.69, 9.17) is 0 Å². The largest absolute Gasteiger partial charge is 0.480 e. The number of hydrogen-bond donors (Lipinski definition) is 2. The van der Waals surface area contributed by atoms with E-state index in [2.05, 4.69) is 10.4 Å². The van der Waals surface area contributed by atoms with Crippen molar-refractivity contribution in [1.82, 2.24) is 15.1 Å². The molecule has 0 spiro atoms. The molecule has 0 aliphatic carbocycles. The standard InChI is InChI=1S/C17H21N3O3/c1-2-3-10-14(17(22)23)19-16(21)15(20-12-7-11-18-20)13-8-5-4-6-9-13/h4-9,11-12,14-15H,2-3,10H2,1H3,(H,19,21)(H,22,23). The number of hydrogen-bond acceptors (Lipinski definition) is 3. The van der Waals surface area contributed by atoms with Crippen molar-refractivity contribution >= 4 is 11.9 Å². The minimum Gasteiger partial charge on any atom is -0.480 e. The SMILES string of the molecule is CCCCC(NC(=O)C(c1ccccc1)n1cccn1)C(=O)O. The van der Waals surface area contributed by atoms with E-state index < -0.39 is 18.1 Å². The van der Waals surface area contributed by atoms with Crippen molar-refractivity contribution in [1.29, 1.82) is 0 Å². The summed E-state index contributed by atoms with van der Waals surface area (Å²) in [4.78, 5) is 24.0. The highest BCUT2D eigenvalue weighted by Gasteiger charge is 2.27. The molecule has 0 aliphatic rings. The van der Waals surface area contributed by atoms with Gasteiger partial charge >= 0.3 is 5.97 Å². The molecule has 2 aromatic rings. The number of carboxylic acids is 1. The van der Waals surface area contributed by atoms with Crippen LogP contribution in [0.25, 0.3) is 0 Å². The quantitative estimate of drug-likeness (QED) is 0.782. The fourth-order valence-electron chi connectivity index (χ4n) is 2.41. The summed E-state index contributed by atoms with van der Waals surface area (Å²) in [5, 5.41) is 16.1. The average molecular weight is 315 g/mol. The van der Waals surface area contributed by atoms with Crippen LogP contribution in [0.1, 0.15) is 37.8 Å². The van der Waals surface area contributed by atoms with E-state index in [0.717, 1.165) is 18.4 Å². The van der Waals surface area contributed by atoms with Crippen molar-refractivity contribution in [3.8, 4) is 0 Å². The summed E-state index contributed by atoms with van der Waals surface area (Å²) in [7, 11) is 0. The molecule has 0 fully saturated rings. The van der Waals surface area contributed by atoms with Gasteiger partial charge in [0.1, 0.15) is 6.04 Å². The van der Waals surface area contributed by atoms with Gasteiger partial charge in [0.2, 0.25) is 5.91 Å². The van der Waals surface area contributed by atoms with Crippen LogP contribution in [0.15, 0.2) is 48.8 Å². The minimum absolute atomic E-state index is 0.372. The summed E-state index contributed by atoms with van der Waals surface area (Å²) in [6, 6.07) is 9.36. The molecular formula is C17H21N3O3. The van der Waals surface area contributed by atoms with E-state index in [0.29, 0.717) is 6.42 Å². The van der Waals surface area contributed by atoms with Crippen molar-refractivity contribution < 1.29 is 14.7 Å². The second kappa shape index (κ2) is 8.12. The van der Waals surface area contributed by atoms with Gasteiger partial charge in [0.15, 0.2) is 6.04 Å². The third-order valence-electron chi connectivity index (χ3n) is 3.61. The number of carbonyl (C=O) groups excluding carboxylic acids is 1. The van der Waals surface area contributed by atoms with Crippen molar-refractivity contribution in [2.75, 3.05) is 0 Å². The Morgan fingerprint density at radius 3 is 2.57 bits per heavy atom. The third kappa shape index (κ3) is 4.42. The van der Waals surface area contributed by atoms with Gasteiger partial charge in [0.25, 0.3) is 0 Å². The van der Waals surface area contributed by atoms with Gasteiger partial charge in [-0.05, 0) is 18.1 Å². The average Bonchev–Trinajstić information content (AvgIpc) is 3.06. The maximum absolute atomic E-state index is 12.7. The Labute approximate surface area is 135 Å². The normalized spacial score (nSPS) is 13.3. The van der Waals surface area contributed by atoms with Crippen LogP contribution in [-0.2, 0) is 9.59 Å². The third-order valence-corrected chi connectivity index (χ3v) is 3.61. The van der Waals surface area contributed by atoms with Crippen molar-refractivity contribution in [3.05, 3.63) is 54.4 Å². The number of unbranched alkanes of at least 4 members (excludes halogenated alkanes) is 1. The summed E-state index contributed by atoms with van der Waals surface area (Å²) < 4.78 is 1.53. The number of carboxylic acid groups (broad SMARTS) is 1. The molecule has 1 aromatic heterocycles. The van der Waals surface area contributed by atoms with E-state index in [-0.39, 0.29) is 5.91 Å². The number of aliphatic carboxylic acids is 1. The molecule has 1 amide bonds. The number of carbonyl (C=O) groups is 2. The second-order valence-corrected chi connectivity index (χ2v) is 5.34. The van der Waals surface area contributed by atoms with Crippen molar-refractivity contribution in [2.45, 2.75) is 38.3 Å². The molecular weight excluding hydrogens is 294 g/mol. The molecule has 122 valence electrons.